The van der Waals surface area contributed by atoms with Crippen molar-refractivity contribution in [3.8, 4) is 17.2 Å². The van der Waals surface area contributed by atoms with Gasteiger partial charge < -0.3 is 19.1 Å². The second kappa shape index (κ2) is 11.2. The number of benzene rings is 3. The largest absolute Gasteiger partial charge is 0.495 e. The van der Waals surface area contributed by atoms with Crippen LogP contribution in [0.25, 0.3) is 0 Å². The first kappa shape index (κ1) is 27.6. The SMILES string of the molecule is COc1c(COC(=O)Nc2ccc(Oc3ccc(F)cc3F)cc2C)ccc2c1C(=O)N(C1CCC(=O)NC1=O)C2. The van der Waals surface area contributed by atoms with Crippen molar-refractivity contribution in [2.45, 2.75) is 39.0 Å². The van der Waals surface area contributed by atoms with Crippen molar-refractivity contribution >= 4 is 29.5 Å². The number of anilines is 1. The number of hydrogen-bond donors (Lipinski definition) is 2. The molecule has 2 aliphatic heterocycles. The molecular formula is C29H25F2N3O7. The van der Waals surface area contributed by atoms with Gasteiger partial charge in [-0.15, -0.1) is 0 Å². The molecule has 2 heterocycles. The van der Waals surface area contributed by atoms with Gasteiger partial charge in [-0.2, -0.15) is 0 Å². The van der Waals surface area contributed by atoms with E-state index in [0.717, 1.165) is 6.07 Å². The highest BCUT2D eigenvalue weighted by Crippen LogP contribution is 2.36. The molecule has 4 amide bonds. The molecule has 0 radical (unpaired) electrons. The summed E-state index contributed by atoms with van der Waals surface area (Å²) in [7, 11) is 1.39. The summed E-state index contributed by atoms with van der Waals surface area (Å²) in [5.41, 5.74) is 2.39. The number of carbonyl (C=O) groups excluding carboxylic acids is 4. The van der Waals surface area contributed by atoms with E-state index >= 15 is 0 Å². The molecule has 10 nitrogen and oxygen atoms in total. The Morgan fingerprint density at radius 3 is 2.61 bits per heavy atom. The fourth-order valence-electron chi connectivity index (χ4n) is 4.82. The molecule has 5 rings (SSSR count). The lowest BCUT2D eigenvalue weighted by Gasteiger charge is -2.29. The molecule has 0 aromatic heterocycles. The highest BCUT2D eigenvalue weighted by atomic mass is 19.1. The zero-order valence-corrected chi connectivity index (χ0v) is 22.1. The Morgan fingerprint density at radius 1 is 1.10 bits per heavy atom. The van der Waals surface area contributed by atoms with Crippen LogP contribution in [0.2, 0.25) is 0 Å². The lowest BCUT2D eigenvalue weighted by Crippen LogP contribution is -2.52. The standard InChI is InChI=1S/C29H25F2N3O7/c1-15-11-19(41-23-9-5-18(30)12-20(23)31)6-7-21(15)32-29(38)40-14-17-4-3-16-13-34(28(37)25(16)26(17)39-2)22-8-10-24(35)33-27(22)36/h3-7,9,11-12,22H,8,10,13-14H2,1-2H3,(H,32,38)(H,33,35,36). The molecular weight excluding hydrogens is 540 g/mol. The zero-order valence-electron chi connectivity index (χ0n) is 22.1. The van der Waals surface area contributed by atoms with Crippen molar-refractivity contribution in [3.63, 3.8) is 0 Å². The first-order valence-corrected chi connectivity index (χ1v) is 12.7. The highest BCUT2D eigenvalue weighted by Gasteiger charge is 2.41. The van der Waals surface area contributed by atoms with Crippen molar-refractivity contribution < 1.29 is 42.2 Å². The van der Waals surface area contributed by atoms with E-state index in [2.05, 4.69) is 10.6 Å². The molecule has 1 saturated heterocycles. The van der Waals surface area contributed by atoms with E-state index in [-0.39, 0.29) is 54.7 Å². The number of piperidine rings is 1. The second-order valence-electron chi connectivity index (χ2n) is 9.55. The Balaban J connectivity index is 1.23. The molecule has 212 valence electrons. The Kier molecular flexibility index (Phi) is 7.56. The summed E-state index contributed by atoms with van der Waals surface area (Å²) >= 11 is 0. The number of hydrogen-bond acceptors (Lipinski definition) is 7. The van der Waals surface area contributed by atoms with E-state index in [9.17, 15) is 28.0 Å². The van der Waals surface area contributed by atoms with Gasteiger partial charge in [-0.25, -0.2) is 13.6 Å². The minimum atomic E-state index is -0.846. The molecule has 0 aliphatic carbocycles. The van der Waals surface area contributed by atoms with Crippen molar-refractivity contribution in [2.75, 3.05) is 12.4 Å². The van der Waals surface area contributed by atoms with Crippen LogP contribution in [0, 0.1) is 18.6 Å². The van der Waals surface area contributed by atoms with E-state index in [1.54, 1.807) is 31.2 Å². The van der Waals surface area contributed by atoms with Gasteiger partial charge in [0.1, 0.15) is 30.0 Å². The predicted octanol–water partition coefficient (Wildman–Crippen LogP) is 4.58. The van der Waals surface area contributed by atoms with Gasteiger partial charge in [0.05, 0.1) is 12.7 Å². The minimum Gasteiger partial charge on any atom is -0.495 e. The van der Waals surface area contributed by atoms with E-state index in [4.69, 9.17) is 14.2 Å². The fourth-order valence-corrected chi connectivity index (χ4v) is 4.82. The van der Waals surface area contributed by atoms with E-state index < -0.39 is 35.6 Å². The molecule has 41 heavy (non-hydrogen) atoms. The maximum absolute atomic E-state index is 13.9. The van der Waals surface area contributed by atoms with Gasteiger partial charge in [-0.3, -0.25) is 25.0 Å². The van der Waals surface area contributed by atoms with Gasteiger partial charge in [0.2, 0.25) is 11.8 Å². The summed E-state index contributed by atoms with van der Waals surface area (Å²) in [5.74, 6) is -2.48. The van der Waals surface area contributed by atoms with Crippen LogP contribution < -0.4 is 20.1 Å². The van der Waals surface area contributed by atoms with Crippen LogP contribution in [-0.2, 0) is 27.5 Å². The maximum atomic E-state index is 13.9. The molecule has 2 aliphatic rings. The van der Waals surface area contributed by atoms with Crippen molar-refractivity contribution in [1.82, 2.24) is 10.2 Å². The third-order valence-corrected chi connectivity index (χ3v) is 6.85. The number of carbonyl (C=O) groups is 4. The molecule has 0 saturated carbocycles. The van der Waals surface area contributed by atoms with Crippen LogP contribution in [0.15, 0.2) is 48.5 Å². The molecule has 2 N–H and O–H groups in total. The Hall–Kier alpha value is -5.00. The maximum Gasteiger partial charge on any atom is 0.411 e. The number of methoxy groups -OCH3 is 1. The fraction of sp³-hybridized carbons (Fsp3) is 0.241. The normalized spacial score (nSPS) is 16.2. The quantitative estimate of drug-likeness (QED) is 0.402. The smallest absolute Gasteiger partial charge is 0.411 e. The third-order valence-electron chi connectivity index (χ3n) is 6.85. The molecule has 0 spiro atoms. The first-order chi connectivity index (χ1) is 19.6. The molecule has 1 unspecified atom stereocenters. The van der Waals surface area contributed by atoms with Gasteiger partial charge in [-0.05, 0) is 54.8 Å². The summed E-state index contributed by atoms with van der Waals surface area (Å²) < 4.78 is 43.4. The third kappa shape index (κ3) is 5.67. The first-order valence-electron chi connectivity index (χ1n) is 12.7. The van der Waals surface area contributed by atoms with Gasteiger partial charge in [0, 0.05) is 30.3 Å². The molecule has 0 bridgehead atoms. The zero-order chi connectivity index (χ0) is 29.3. The van der Waals surface area contributed by atoms with Crippen LogP contribution in [-0.4, -0.2) is 41.9 Å². The number of rotatable bonds is 7. The summed E-state index contributed by atoms with van der Waals surface area (Å²) in [4.78, 5) is 51.1. The summed E-state index contributed by atoms with van der Waals surface area (Å²) in [6, 6.07) is 10.2. The van der Waals surface area contributed by atoms with Crippen molar-refractivity contribution in [2.24, 2.45) is 0 Å². The molecule has 1 atom stereocenters. The van der Waals surface area contributed by atoms with Gasteiger partial charge in [0.15, 0.2) is 11.6 Å². The molecule has 12 heteroatoms. The summed E-state index contributed by atoms with van der Waals surface area (Å²) in [6.45, 7) is 1.68. The van der Waals surface area contributed by atoms with Crippen molar-refractivity contribution in [3.05, 3.63) is 82.4 Å². The topological polar surface area (TPSA) is 123 Å². The predicted molar refractivity (Wildman–Crippen MR) is 140 cm³/mol. The van der Waals surface area contributed by atoms with Gasteiger partial charge in [0.25, 0.3) is 5.91 Å². The number of halogens is 2. The number of fused-ring (bicyclic) bond motifs is 1. The highest BCUT2D eigenvalue weighted by molar-refractivity contribution is 6.06. The Bertz CT molecular complexity index is 1580. The monoisotopic (exact) mass is 565 g/mol. The average molecular weight is 566 g/mol. The summed E-state index contributed by atoms with van der Waals surface area (Å²) in [5, 5.41) is 4.89. The number of ether oxygens (including phenoxy) is 3. The molecule has 1 fully saturated rings. The van der Waals surface area contributed by atoms with Crippen LogP contribution in [0.3, 0.4) is 0 Å². The number of amides is 4. The van der Waals surface area contributed by atoms with Gasteiger partial charge >= 0.3 is 6.09 Å². The van der Waals surface area contributed by atoms with Crippen molar-refractivity contribution in [1.29, 1.82) is 0 Å². The van der Waals surface area contributed by atoms with E-state index in [0.29, 0.717) is 28.4 Å². The summed E-state index contributed by atoms with van der Waals surface area (Å²) in [6.07, 6.45) is -0.395. The Labute approximate surface area is 233 Å². The second-order valence-corrected chi connectivity index (χ2v) is 9.55. The van der Waals surface area contributed by atoms with Crippen LogP contribution in [0.1, 0.15) is 39.9 Å². The number of nitrogens with zero attached hydrogens (tertiary/aromatic N) is 1. The van der Waals surface area contributed by atoms with E-state index in [1.165, 1.54) is 24.1 Å². The molecule has 3 aromatic carbocycles. The lowest BCUT2D eigenvalue weighted by atomic mass is 10.0. The average Bonchev–Trinajstić information content (AvgIpc) is 3.26. The van der Waals surface area contributed by atoms with Gasteiger partial charge in [-0.1, -0.05) is 12.1 Å². The number of imide groups is 1. The van der Waals surface area contributed by atoms with Crippen LogP contribution in [0.5, 0.6) is 17.2 Å². The molecule has 3 aromatic rings. The Morgan fingerprint density at radius 2 is 1.90 bits per heavy atom. The van der Waals surface area contributed by atoms with E-state index in [1.807, 2.05) is 0 Å². The lowest BCUT2D eigenvalue weighted by molar-refractivity contribution is -0.136. The van der Waals surface area contributed by atoms with Crippen LogP contribution in [0.4, 0.5) is 19.3 Å². The number of nitrogens with one attached hydrogen (secondary N) is 2. The minimum absolute atomic E-state index is 0.143. The number of aryl methyl sites for hydroxylation is 1. The van der Waals surface area contributed by atoms with Crippen LogP contribution >= 0.6 is 0 Å².